The van der Waals surface area contributed by atoms with Gasteiger partial charge in [-0.25, -0.2) is 0 Å². The third kappa shape index (κ3) is 2.80. The second kappa shape index (κ2) is 6.27. The molecular weight excluding hydrogens is 270 g/mol. The van der Waals surface area contributed by atoms with Crippen molar-refractivity contribution in [2.24, 2.45) is 5.92 Å². The van der Waals surface area contributed by atoms with Crippen LogP contribution in [0.25, 0.3) is 0 Å². The first-order valence-electron chi connectivity index (χ1n) is 7.19. The van der Waals surface area contributed by atoms with Crippen LogP contribution in [0.15, 0.2) is 0 Å². The molecular formula is C15H21N3OS. The number of hydrogen-bond acceptors (Lipinski definition) is 5. The summed E-state index contributed by atoms with van der Waals surface area (Å²) in [5.41, 5.74) is 6.86. The Balaban J connectivity index is 2.36. The maximum atomic E-state index is 11.9. The van der Waals surface area contributed by atoms with Gasteiger partial charge in [-0.3, -0.25) is 4.79 Å². The molecule has 0 radical (unpaired) electrons. The Morgan fingerprint density at radius 2 is 2.25 bits per heavy atom. The molecule has 108 valence electrons. The number of anilines is 2. The van der Waals surface area contributed by atoms with Crippen LogP contribution >= 0.6 is 11.3 Å². The predicted molar refractivity (Wildman–Crippen MR) is 83.3 cm³/mol. The molecule has 1 saturated heterocycles. The minimum atomic E-state index is 0.0263. The zero-order chi connectivity index (χ0) is 14.7. The van der Waals surface area contributed by atoms with Crippen LogP contribution in [0, 0.1) is 17.2 Å². The smallest absolute Gasteiger partial charge is 0.174 e. The van der Waals surface area contributed by atoms with Crippen LogP contribution in [-0.2, 0) is 0 Å². The van der Waals surface area contributed by atoms with E-state index in [2.05, 4.69) is 17.9 Å². The van der Waals surface area contributed by atoms with Gasteiger partial charge in [-0.2, -0.15) is 5.26 Å². The van der Waals surface area contributed by atoms with E-state index in [1.165, 1.54) is 17.8 Å². The number of nitriles is 1. The standard InChI is InChI=1S/C15H21N3OS/c1-3-12(19)14-13(17)11(9-16)15(20-14)18-7-4-5-10(2)6-8-18/h10H,3-8,17H2,1-2H3. The van der Waals surface area contributed by atoms with Gasteiger partial charge in [0.25, 0.3) is 0 Å². The molecule has 1 fully saturated rings. The third-order valence-electron chi connectivity index (χ3n) is 3.92. The summed E-state index contributed by atoms with van der Waals surface area (Å²) in [5, 5.41) is 10.2. The van der Waals surface area contributed by atoms with Gasteiger partial charge in [-0.15, -0.1) is 11.3 Å². The van der Waals surface area contributed by atoms with Crippen LogP contribution < -0.4 is 10.6 Å². The molecule has 0 bridgehead atoms. The van der Waals surface area contributed by atoms with E-state index in [9.17, 15) is 10.1 Å². The first-order chi connectivity index (χ1) is 9.58. The first-order valence-corrected chi connectivity index (χ1v) is 8.00. The molecule has 1 aromatic heterocycles. The number of nitrogens with zero attached hydrogens (tertiary/aromatic N) is 2. The van der Waals surface area contributed by atoms with E-state index in [1.54, 1.807) is 0 Å². The Kier molecular flexibility index (Phi) is 4.66. The van der Waals surface area contributed by atoms with E-state index in [0.29, 0.717) is 22.5 Å². The van der Waals surface area contributed by atoms with E-state index in [4.69, 9.17) is 5.73 Å². The SMILES string of the molecule is CCC(=O)c1sc(N2CCCC(C)CC2)c(C#N)c1N. The van der Waals surface area contributed by atoms with Crippen LogP contribution in [-0.4, -0.2) is 18.9 Å². The molecule has 0 aromatic carbocycles. The molecule has 2 heterocycles. The zero-order valence-corrected chi connectivity index (χ0v) is 12.9. The summed E-state index contributed by atoms with van der Waals surface area (Å²) in [7, 11) is 0. The number of carbonyl (C=O) groups excluding carboxylic acids is 1. The molecule has 2 rings (SSSR count). The summed E-state index contributed by atoms with van der Waals surface area (Å²) >= 11 is 1.39. The molecule has 1 unspecified atom stereocenters. The highest BCUT2D eigenvalue weighted by molar-refractivity contribution is 7.19. The van der Waals surface area contributed by atoms with Crippen LogP contribution in [0.5, 0.6) is 0 Å². The Morgan fingerprint density at radius 1 is 1.50 bits per heavy atom. The number of carbonyl (C=O) groups is 1. The Morgan fingerprint density at radius 3 is 2.90 bits per heavy atom. The van der Waals surface area contributed by atoms with Gasteiger partial charge in [0.2, 0.25) is 0 Å². The van der Waals surface area contributed by atoms with Gasteiger partial charge in [-0.1, -0.05) is 13.8 Å². The zero-order valence-electron chi connectivity index (χ0n) is 12.1. The molecule has 0 aliphatic carbocycles. The summed E-state index contributed by atoms with van der Waals surface area (Å²) in [6.07, 6.45) is 3.90. The van der Waals surface area contributed by atoms with Gasteiger partial charge in [0.15, 0.2) is 5.78 Å². The summed E-state index contributed by atoms with van der Waals surface area (Å²) in [5.74, 6) is 0.748. The molecule has 4 nitrogen and oxygen atoms in total. The third-order valence-corrected chi connectivity index (χ3v) is 5.22. The summed E-state index contributed by atoms with van der Waals surface area (Å²) in [6, 6.07) is 2.18. The second-order valence-electron chi connectivity index (χ2n) is 5.44. The summed E-state index contributed by atoms with van der Waals surface area (Å²) in [4.78, 5) is 14.7. The van der Waals surface area contributed by atoms with Gasteiger partial charge in [0.1, 0.15) is 16.6 Å². The number of nitrogens with two attached hydrogens (primary N) is 1. The lowest BCUT2D eigenvalue weighted by Crippen LogP contribution is -2.23. The van der Waals surface area contributed by atoms with Crippen LogP contribution in [0.3, 0.4) is 0 Å². The van der Waals surface area contributed by atoms with E-state index in [1.807, 2.05) is 6.92 Å². The number of rotatable bonds is 3. The lowest BCUT2D eigenvalue weighted by atomic mass is 10.0. The van der Waals surface area contributed by atoms with Gasteiger partial charge in [0, 0.05) is 19.5 Å². The molecule has 0 amide bonds. The van der Waals surface area contributed by atoms with E-state index in [0.717, 1.165) is 36.9 Å². The maximum absolute atomic E-state index is 11.9. The second-order valence-corrected chi connectivity index (χ2v) is 6.44. The summed E-state index contributed by atoms with van der Waals surface area (Å²) in [6.45, 7) is 5.97. The molecule has 1 aliphatic rings. The number of Topliss-reactive ketones (excluding diaryl/α,β-unsaturated/α-hetero) is 1. The van der Waals surface area contributed by atoms with Crippen molar-refractivity contribution in [3.63, 3.8) is 0 Å². The van der Waals surface area contributed by atoms with Crippen molar-refractivity contribution < 1.29 is 4.79 Å². The summed E-state index contributed by atoms with van der Waals surface area (Å²) < 4.78 is 0. The molecule has 2 N–H and O–H groups in total. The van der Waals surface area contributed by atoms with Crippen molar-refractivity contribution in [2.75, 3.05) is 23.7 Å². The van der Waals surface area contributed by atoms with Crippen molar-refractivity contribution in [3.8, 4) is 6.07 Å². The molecule has 0 spiro atoms. The van der Waals surface area contributed by atoms with Crippen molar-refractivity contribution >= 4 is 27.8 Å². The van der Waals surface area contributed by atoms with Crippen LogP contribution in [0.2, 0.25) is 0 Å². The highest BCUT2D eigenvalue weighted by Gasteiger charge is 2.24. The van der Waals surface area contributed by atoms with Crippen LogP contribution in [0.1, 0.15) is 54.8 Å². The largest absolute Gasteiger partial charge is 0.396 e. The van der Waals surface area contributed by atoms with Gasteiger partial charge < -0.3 is 10.6 Å². The first kappa shape index (κ1) is 14.9. The lowest BCUT2D eigenvalue weighted by molar-refractivity contribution is 0.0993. The van der Waals surface area contributed by atoms with Crippen molar-refractivity contribution in [3.05, 3.63) is 10.4 Å². The van der Waals surface area contributed by atoms with E-state index < -0.39 is 0 Å². The minimum Gasteiger partial charge on any atom is -0.396 e. The monoisotopic (exact) mass is 291 g/mol. The van der Waals surface area contributed by atoms with E-state index >= 15 is 0 Å². The Labute approximate surface area is 124 Å². The van der Waals surface area contributed by atoms with Gasteiger partial charge in [0.05, 0.1) is 10.6 Å². The normalized spacial score (nSPS) is 19.4. The molecule has 0 saturated carbocycles. The number of thiophene rings is 1. The van der Waals surface area contributed by atoms with Gasteiger partial charge in [-0.05, 0) is 25.2 Å². The fourth-order valence-corrected chi connectivity index (χ4v) is 3.83. The number of hydrogen-bond donors (Lipinski definition) is 1. The van der Waals surface area contributed by atoms with Crippen molar-refractivity contribution in [2.45, 2.75) is 39.5 Å². The average Bonchev–Trinajstić information content (AvgIpc) is 2.62. The highest BCUT2D eigenvalue weighted by atomic mass is 32.1. The van der Waals surface area contributed by atoms with Crippen molar-refractivity contribution in [1.29, 1.82) is 5.26 Å². The molecule has 5 heteroatoms. The number of nitrogen functional groups attached to an aromatic ring is 1. The fourth-order valence-electron chi connectivity index (χ4n) is 2.60. The fraction of sp³-hybridized carbons (Fsp3) is 0.600. The Bertz CT molecular complexity index is 544. The lowest BCUT2D eigenvalue weighted by Gasteiger charge is -2.21. The molecule has 1 aromatic rings. The van der Waals surface area contributed by atoms with Crippen molar-refractivity contribution in [1.82, 2.24) is 0 Å². The highest BCUT2D eigenvalue weighted by Crippen LogP contribution is 2.39. The Hall–Kier alpha value is -1.54. The topological polar surface area (TPSA) is 70.1 Å². The van der Waals surface area contributed by atoms with E-state index in [-0.39, 0.29) is 5.78 Å². The van der Waals surface area contributed by atoms with Crippen LogP contribution in [0.4, 0.5) is 10.7 Å². The maximum Gasteiger partial charge on any atom is 0.174 e. The molecule has 1 atom stereocenters. The average molecular weight is 291 g/mol. The minimum absolute atomic E-state index is 0.0263. The van der Waals surface area contributed by atoms with Gasteiger partial charge >= 0.3 is 0 Å². The predicted octanol–water partition coefficient (Wildman–Crippen LogP) is 3.42. The molecule has 1 aliphatic heterocycles. The molecule has 20 heavy (non-hydrogen) atoms. The quantitative estimate of drug-likeness (QED) is 0.866. The number of ketones is 1.